The number of anilines is 2. The molecule has 106 valence electrons. The Morgan fingerprint density at radius 1 is 1.37 bits per heavy atom. The molecule has 1 heterocycles. The van der Waals surface area contributed by atoms with Gasteiger partial charge >= 0.3 is 0 Å². The number of rotatable bonds is 7. The second kappa shape index (κ2) is 6.89. The number of nitrogens with two attached hydrogens (primary N) is 2. The molecule has 0 radical (unpaired) electrons. The van der Waals surface area contributed by atoms with Gasteiger partial charge in [-0.3, -0.25) is 4.79 Å². The van der Waals surface area contributed by atoms with Crippen LogP contribution in [0.15, 0.2) is 0 Å². The molecule has 6 N–H and O–H groups in total. The topological polar surface area (TPSA) is 119 Å². The zero-order valence-corrected chi connectivity index (χ0v) is 11.7. The number of hydrazine groups is 1. The monoisotopic (exact) mass is 266 g/mol. The molecule has 1 unspecified atom stereocenters. The van der Waals surface area contributed by atoms with Gasteiger partial charge in [0, 0.05) is 24.4 Å². The quantitative estimate of drug-likeness (QED) is 0.426. The molecule has 0 aliphatic carbocycles. The fourth-order valence-electron chi connectivity index (χ4n) is 1.77. The maximum atomic E-state index is 10.9. The lowest BCUT2D eigenvalue weighted by molar-refractivity contribution is -0.118. The molecular formula is C12H22N6O. The van der Waals surface area contributed by atoms with E-state index < -0.39 is 0 Å². The lowest BCUT2D eigenvalue weighted by atomic mass is 10.2. The summed E-state index contributed by atoms with van der Waals surface area (Å²) in [6.45, 7) is 5.80. The SMILES string of the molecule is CCCc1nc(NN)c(C)c(NC(C)CC(N)=O)n1. The minimum Gasteiger partial charge on any atom is -0.370 e. The zero-order valence-electron chi connectivity index (χ0n) is 11.7. The Hall–Kier alpha value is -1.89. The van der Waals surface area contributed by atoms with Gasteiger partial charge in [0.2, 0.25) is 5.91 Å². The second-order valence-electron chi connectivity index (χ2n) is 4.57. The van der Waals surface area contributed by atoms with Crippen molar-refractivity contribution < 1.29 is 4.79 Å². The van der Waals surface area contributed by atoms with E-state index in [0.29, 0.717) is 11.6 Å². The van der Waals surface area contributed by atoms with Crippen LogP contribution < -0.4 is 22.3 Å². The van der Waals surface area contributed by atoms with Crippen LogP contribution in [0.4, 0.5) is 11.6 Å². The van der Waals surface area contributed by atoms with Gasteiger partial charge in [-0.15, -0.1) is 0 Å². The number of hydrogen-bond acceptors (Lipinski definition) is 6. The molecule has 1 rings (SSSR count). The van der Waals surface area contributed by atoms with E-state index in [9.17, 15) is 4.79 Å². The van der Waals surface area contributed by atoms with Crippen molar-refractivity contribution in [2.75, 3.05) is 10.7 Å². The van der Waals surface area contributed by atoms with E-state index in [4.69, 9.17) is 11.6 Å². The Labute approximate surface area is 113 Å². The molecule has 7 nitrogen and oxygen atoms in total. The smallest absolute Gasteiger partial charge is 0.219 e. The first-order chi connectivity index (χ1) is 8.97. The van der Waals surface area contributed by atoms with Gasteiger partial charge in [0.1, 0.15) is 17.5 Å². The third kappa shape index (κ3) is 4.36. The number of nitrogens with one attached hydrogen (secondary N) is 2. The Bertz CT molecular complexity index is 448. The summed E-state index contributed by atoms with van der Waals surface area (Å²) in [4.78, 5) is 19.7. The molecule has 1 aromatic heterocycles. The highest BCUT2D eigenvalue weighted by Crippen LogP contribution is 2.20. The summed E-state index contributed by atoms with van der Waals surface area (Å²) in [6, 6.07) is -0.0915. The third-order valence-electron chi connectivity index (χ3n) is 2.69. The average molecular weight is 266 g/mol. The van der Waals surface area contributed by atoms with Gasteiger partial charge < -0.3 is 16.5 Å². The molecule has 0 spiro atoms. The summed E-state index contributed by atoms with van der Waals surface area (Å²) in [7, 11) is 0. The van der Waals surface area contributed by atoms with E-state index in [0.717, 1.165) is 24.2 Å². The van der Waals surface area contributed by atoms with Crippen LogP contribution in [0.3, 0.4) is 0 Å². The molecule has 1 atom stereocenters. The molecule has 0 bridgehead atoms. The molecular weight excluding hydrogens is 244 g/mol. The van der Waals surface area contributed by atoms with Crippen LogP contribution in [0.1, 0.15) is 38.1 Å². The fraction of sp³-hybridized carbons (Fsp3) is 0.583. The lowest BCUT2D eigenvalue weighted by Crippen LogP contribution is -2.25. The van der Waals surface area contributed by atoms with E-state index in [2.05, 4.69) is 27.6 Å². The number of hydrogen-bond donors (Lipinski definition) is 4. The summed E-state index contributed by atoms with van der Waals surface area (Å²) in [6.07, 6.45) is 1.97. The van der Waals surface area contributed by atoms with E-state index in [1.165, 1.54) is 0 Å². The molecule has 0 aromatic carbocycles. The number of amides is 1. The predicted molar refractivity (Wildman–Crippen MR) is 75.5 cm³/mol. The van der Waals surface area contributed by atoms with Gasteiger partial charge in [-0.05, 0) is 20.3 Å². The predicted octanol–water partition coefficient (Wildman–Crippen LogP) is 0.699. The number of nitrogens with zero attached hydrogens (tertiary/aromatic N) is 2. The fourth-order valence-corrected chi connectivity index (χ4v) is 1.77. The van der Waals surface area contributed by atoms with Crippen molar-refractivity contribution >= 4 is 17.5 Å². The summed E-state index contributed by atoms with van der Waals surface area (Å²) >= 11 is 0. The normalized spacial score (nSPS) is 12.0. The van der Waals surface area contributed by atoms with Crippen molar-refractivity contribution in [2.45, 2.75) is 46.1 Å². The van der Waals surface area contributed by atoms with E-state index >= 15 is 0 Å². The highest BCUT2D eigenvalue weighted by molar-refractivity contribution is 5.75. The van der Waals surface area contributed by atoms with Gasteiger partial charge in [0.05, 0.1) is 0 Å². The minimum absolute atomic E-state index is 0.0915. The summed E-state index contributed by atoms with van der Waals surface area (Å²) < 4.78 is 0. The van der Waals surface area contributed by atoms with Crippen molar-refractivity contribution in [2.24, 2.45) is 11.6 Å². The Kier molecular flexibility index (Phi) is 5.50. The molecule has 0 aliphatic rings. The first kappa shape index (κ1) is 15.2. The van der Waals surface area contributed by atoms with E-state index in [1.54, 1.807) is 0 Å². The van der Waals surface area contributed by atoms with Crippen molar-refractivity contribution in [3.8, 4) is 0 Å². The largest absolute Gasteiger partial charge is 0.370 e. The highest BCUT2D eigenvalue weighted by atomic mass is 16.1. The van der Waals surface area contributed by atoms with E-state index in [-0.39, 0.29) is 18.4 Å². The highest BCUT2D eigenvalue weighted by Gasteiger charge is 2.13. The summed E-state index contributed by atoms with van der Waals surface area (Å²) in [5.74, 6) is 7.09. The number of nitrogen functional groups attached to an aromatic ring is 1. The van der Waals surface area contributed by atoms with Crippen LogP contribution in [0.5, 0.6) is 0 Å². The average Bonchev–Trinajstić information content (AvgIpc) is 2.32. The van der Waals surface area contributed by atoms with Gasteiger partial charge in [0.25, 0.3) is 0 Å². The molecule has 19 heavy (non-hydrogen) atoms. The molecule has 0 fully saturated rings. The Balaban J connectivity index is 2.97. The zero-order chi connectivity index (χ0) is 14.4. The number of aromatic nitrogens is 2. The first-order valence-electron chi connectivity index (χ1n) is 6.36. The van der Waals surface area contributed by atoms with Gasteiger partial charge in [-0.2, -0.15) is 0 Å². The number of carbonyl (C=O) groups is 1. The maximum absolute atomic E-state index is 10.9. The number of primary amides is 1. The molecule has 1 amide bonds. The number of carbonyl (C=O) groups excluding carboxylic acids is 1. The minimum atomic E-state index is -0.349. The summed E-state index contributed by atoms with van der Waals surface area (Å²) in [5, 5.41) is 3.17. The number of aryl methyl sites for hydroxylation is 1. The first-order valence-corrected chi connectivity index (χ1v) is 6.36. The lowest BCUT2D eigenvalue weighted by Gasteiger charge is -2.17. The Morgan fingerprint density at radius 3 is 2.53 bits per heavy atom. The molecule has 0 aliphatic heterocycles. The second-order valence-corrected chi connectivity index (χ2v) is 4.57. The van der Waals surface area contributed by atoms with Gasteiger partial charge in [0.15, 0.2) is 0 Å². The van der Waals surface area contributed by atoms with Crippen LogP contribution in [0.25, 0.3) is 0 Å². The van der Waals surface area contributed by atoms with Crippen molar-refractivity contribution in [1.29, 1.82) is 0 Å². The van der Waals surface area contributed by atoms with E-state index in [1.807, 2.05) is 13.8 Å². The standard InChI is InChI=1S/C12H22N6O/c1-4-5-10-16-11(8(3)12(17-10)18-14)15-7(2)6-9(13)19/h7H,4-6,14H2,1-3H3,(H2,13,19)(H2,15,16,17,18). The van der Waals surface area contributed by atoms with Crippen LogP contribution in [0, 0.1) is 6.92 Å². The van der Waals surface area contributed by atoms with Crippen molar-refractivity contribution in [3.05, 3.63) is 11.4 Å². The molecule has 0 saturated carbocycles. The van der Waals surface area contributed by atoms with Crippen molar-refractivity contribution in [3.63, 3.8) is 0 Å². The molecule has 7 heteroatoms. The van der Waals surface area contributed by atoms with Crippen LogP contribution in [0.2, 0.25) is 0 Å². The maximum Gasteiger partial charge on any atom is 0.219 e. The van der Waals surface area contributed by atoms with Crippen molar-refractivity contribution in [1.82, 2.24) is 9.97 Å². The van der Waals surface area contributed by atoms with Crippen LogP contribution in [-0.4, -0.2) is 21.9 Å². The third-order valence-corrected chi connectivity index (χ3v) is 2.69. The molecule has 0 saturated heterocycles. The van der Waals surface area contributed by atoms with Gasteiger partial charge in [-0.1, -0.05) is 6.92 Å². The van der Waals surface area contributed by atoms with Crippen LogP contribution >= 0.6 is 0 Å². The van der Waals surface area contributed by atoms with Gasteiger partial charge in [-0.25, -0.2) is 15.8 Å². The Morgan fingerprint density at radius 2 is 2.00 bits per heavy atom. The van der Waals surface area contributed by atoms with Crippen LogP contribution in [-0.2, 0) is 11.2 Å². The summed E-state index contributed by atoms with van der Waals surface area (Å²) in [5.41, 5.74) is 8.56. The molecule has 1 aromatic rings.